The largest absolute Gasteiger partial charge is 0.493 e. The van der Waals surface area contributed by atoms with E-state index in [-0.39, 0.29) is 12.4 Å². The number of methoxy groups -OCH3 is 1. The number of aromatic hydroxyl groups is 1. The molecule has 0 spiro atoms. The molecule has 3 rings (SSSR count). The highest BCUT2D eigenvalue weighted by Gasteiger charge is 2.17. The smallest absolute Gasteiger partial charge is 0.325 e. The average molecular weight is 316 g/mol. The molecule has 2 aromatic rings. The Labute approximate surface area is 129 Å². The van der Waals surface area contributed by atoms with E-state index in [0.29, 0.717) is 4.88 Å². The zero-order valence-corrected chi connectivity index (χ0v) is 12.5. The summed E-state index contributed by atoms with van der Waals surface area (Å²) < 4.78 is 5.50. The number of carbonyl (C=O) groups is 1. The number of aliphatic imine (C=N–C) groups is 1. The van der Waals surface area contributed by atoms with Crippen molar-refractivity contribution in [3.8, 4) is 5.88 Å². The minimum Gasteiger partial charge on any atom is -0.493 e. The molecule has 22 heavy (non-hydrogen) atoms. The fourth-order valence-corrected chi connectivity index (χ4v) is 2.97. The molecule has 0 aliphatic carbocycles. The molecular formula is C15H12N2O4S. The van der Waals surface area contributed by atoms with Crippen molar-refractivity contribution in [1.82, 2.24) is 4.57 Å². The molecule has 112 valence electrons. The summed E-state index contributed by atoms with van der Waals surface area (Å²) in [6, 6.07) is 7.59. The van der Waals surface area contributed by atoms with Gasteiger partial charge in [-0.05, 0) is 12.1 Å². The van der Waals surface area contributed by atoms with Gasteiger partial charge in [-0.3, -0.25) is 19.1 Å². The zero-order chi connectivity index (χ0) is 15.7. The van der Waals surface area contributed by atoms with Gasteiger partial charge in [-0.25, -0.2) is 0 Å². The summed E-state index contributed by atoms with van der Waals surface area (Å²) in [5.41, 5.74) is 2.58. The molecule has 6 nitrogen and oxygen atoms in total. The normalized spacial score (nSPS) is 14.3. The van der Waals surface area contributed by atoms with E-state index in [1.54, 1.807) is 12.3 Å². The Kier molecular flexibility index (Phi) is 3.64. The highest BCUT2D eigenvalue weighted by Crippen LogP contribution is 2.34. The lowest BCUT2D eigenvalue weighted by Crippen LogP contribution is -2.19. The topological polar surface area (TPSA) is 80.9 Å². The molecule has 0 saturated carbocycles. The second-order valence-electron chi connectivity index (χ2n) is 4.59. The van der Waals surface area contributed by atoms with Gasteiger partial charge in [0, 0.05) is 17.4 Å². The van der Waals surface area contributed by atoms with Crippen molar-refractivity contribution in [2.45, 2.75) is 6.54 Å². The number of thiazole rings is 1. The van der Waals surface area contributed by atoms with Crippen LogP contribution in [0.4, 0.5) is 5.69 Å². The standard InChI is InChI=1S/C15H12N2O4S/c1-21-13(18)8-17-14(19)12(22-15(17)20)6-9-7-16-11-5-3-2-4-10(9)11/h2-7,19H,8H2,1H3/b9-6-. The van der Waals surface area contributed by atoms with Crippen LogP contribution in [0.1, 0.15) is 10.4 Å². The molecule has 0 radical (unpaired) electrons. The van der Waals surface area contributed by atoms with Crippen LogP contribution in [-0.2, 0) is 16.1 Å². The van der Waals surface area contributed by atoms with Gasteiger partial charge < -0.3 is 9.84 Å². The number of para-hydroxylation sites is 1. The molecule has 0 amide bonds. The second-order valence-corrected chi connectivity index (χ2v) is 5.59. The molecule has 1 aromatic heterocycles. The van der Waals surface area contributed by atoms with E-state index < -0.39 is 10.8 Å². The van der Waals surface area contributed by atoms with Gasteiger partial charge in [-0.15, -0.1) is 0 Å². The number of carbonyl (C=O) groups excluding carboxylic acids is 1. The molecule has 0 atom stereocenters. The zero-order valence-electron chi connectivity index (χ0n) is 11.6. The summed E-state index contributed by atoms with van der Waals surface area (Å²) >= 11 is 0.867. The first-order valence-corrected chi connectivity index (χ1v) is 7.26. The molecule has 0 bridgehead atoms. The fraction of sp³-hybridized carbons (Fsp3) is 0.133. The van der Waals surface area contributed by atoms with Gasteiger partial charge in [0.2, 0.25) is 5.88 Å². The van der Waals surface area contributed by atoms with E-state index in [1.165, 1.54) is 7.11 Å². The van der Waals surface area contributed by atoms with Crippen molar-refractivity contribution in [2.24, 2.45) is 4.99 Å². The molecule has 7 heteroatoms. The number of rotatable bonds is 3. The molecule has 1 N–H and O–H groups in total. The first-order chi connectivity index (χ1) is 10.6. The Morgan fingerprint density at radius 1 is 1.45 bits per heavy atom. The highest BCUT2D eigenvalue weighted by atomic mass is 32.1. The number of allylic oxidation sites excluding steroid dienone is 1. The van der Waals surface area contributed by atoms with Gasteiger partial charge in [0.25, 0.3) is 0 Å². The van der Waals surface area contributed by atoms with E-state index in [4.69, 9.17) is 0 Å². The van der Waals surface area contributed by atoms with Crippen LogP contribution in [-0.4, -0.2) is 29.0 Å². The van der Waals surface area contributed by atoms with E-state index in [2.05, 4.69) is 9.73 Å². The SMILES string of the molecule is COC(=O)Cn1c(O)c(/C=C2/C=Nc3ccccc32)sc1=O. The van der Waals surface area contributed by atoms with Gasteiger partial charge >= 0.3 is 10.8 Å². The Morgan fingerprint density at radius 2 is 2.23 bits per heavy atom. The fourth-order valence-electron chi connectivity index (χ4n) is 2.14. The van der Waals surface area contributed by atoms with Crippen LogP contribution in [0.15, 0.2) is 34.1 Å². The van der Waals surface area contributed by atoms with Gasteiger partial charge in [0.15, 0.2) is 0 Å². The van der Waals surface area contributed by atoms with Crippen molar-refractivity contribution >= 4 is 40.9 Å². The lowest BCUT2D eigenvalue weighted by atomic mass is 10.1. The summed E-state index contributed by atoms with van der Waals surface area (Å²) in [6.07, 6.45) is 3.36. The quantitative estimate of drug-likeness (QED) is 0.879. The number of hydrogen-bond donors (Lipinski definition) is 1. The Hall–Kier alpha value is -2.67. The van der Waals surface area contributed by atoms with Gasteiger partial charge in [0.05, 0.1) is 17.7 Å². The third kappa shape index (κ3) is 2.46. The lowest BCUT2D eigenvalue weighted by Gasteiger charge is -2.02. The molecule has 0 unspecified atom stereocenters. The first-order valence-electron chi connectivity index (χ1n) is 6.44. The number of esters is 1. The summed E-state index contributed by atoms with van der Waals surface area (Å²) in [5, 5.41) is 10.1. The van der Waals surface area contributed by atoms with Crippen LogP contribution in [0, 0.1) is 0 Å². The van der Waals surface area contributed by atoms with Crippen LogP contribution < -0.4 is 4.87 Å². The third-order valence-corrected chi connectivity index (χ3v) is 4.17. The molecular weight excluding hydrogens is 304 g/mol. The van der Waals surface area contributed by atoms with Crippen LogP contribution in [0.3, 0.4) is 0 Å². The molecule has 0 saturated heterocycles. The number of ether oxygens (including phenoxy) is 1. The number of benzene rings is 1. The second kappa shape index (κ2) is 5.61. The van der Waals surface area contributed by atoms with Crippen LogP contribution >= 0.6 is 11.3 Å². The third-order valence-electron chi connectivity index (χ3n) is 3.25. The maximum absolute atomic E-state index is 11.9. The summed E-state index contributed by atoms with van der Waals surface area (Å²) in [6.45, 7) is -0.314. The Morgan fingerprint density at radius 3 is 3.00 bits per heavy atom. The van der Waals surface area contributed by atoms with Crippen molar-refractivity contribution in [1.29, 1.82) is 0 Å². The number of nitrogens with zero attached hydrogens (tertiary/aromatic N) is 2. The number of aromatic nitrogens is 1. The maximum Gasteiger partial charge on any atom is 0.325 e. The summed E-state index contributed by atoms with van der Waals surface area (Å²) in [5.74, 6) is -0.840. The minimum atomic E-state index is -0.595. The molecule has 0 fully saturated rings. The van der Waals surface area contributed by atoms with Gasteiger partial charge in [-0.1, -0.05) is 29.5 Å². The van der Waals surface area contributed by atoms with Crippen molar-refractivity contribution in [2.75, 3.05) is 7.11 Å². The number of hydrogen-bond acceptors (Lipinski definition) is 6. The van der Waals surface area contributed by atoms with Gasteiger partial charge in [-0.2, -0.15) is 0 Å². The molecule has 2 heterocycles. The minimum absolute atomic E-state index is 0.245. The summed E-state index contributed by atoms with van der Waals surface area (Å²) in [7, 11) is 1.23. The Balaban J connectivity index is 2.00. The van der Waals surface area contributed by atoms with Crippen molar-refractivity contribution < 1.29 is 14.6 Å². The predicted octanol–water partition coefficient (Wildman–Crippen LogP) is 2.04. The van der Waals surface area contributed by atoms with E-state index >= 15 is 0 Å². The average Bonchev–Trinajstić information content (AvgIpc) is 3.04. The summed E-state index contributed by atoms with van der Waals surface area (Å²) in [4.78, 5) is 27.4. The Bertz CT molecular complexity index is 861. The molecule has 1 aromatic carbocycles. The highest BCUT2D eigenvalue weighted by molar-refractivity contribution is 7.10. The van der Waals surface area contributed by atoms with E-state index in [9.17, 15) is 14.7 Å². The molecule has 1 aliphatic heterocycles. The number of fused-ring (bicyclic) bond motifs is 1. The van der Waals surface area contributed by atoms with Crippen LogP contribution in [0.2, 0.25) is 0 Å². The van der Waals surface area contributed by atoms with Crippen molar-refractivity contribution in [3.05, 3.63) is 44.4 Å². The van der Waals surface area contributed by atoms with Gasteiger partial charge in [0.1, 0.15) is 6.54 Å². The lowest BCUT2D eigenvalue weighted by molar-refractivity contribution is -0.141. The predicted molar refractivity (Wildman–Crippen MR) is 84.7 cm³/mol. The molecule has 1 aliphatic rings. The van der Waals surface area contributed by atoms with E-state index in [1.807, 2.05) is 24.3 Å². The first kappa shape index (κ1) is 14.3. The van der Waals surface area contributed by atoms with Crippen molar-refractivity contribution in [3.63, 3.8) is 0 Å². The van der Waals surface area contributed by atoms with E-state index in [0.717, 1.165) is 32.7 Å². The maximum atomic E-state index is 11.9. The van der Waals surface area contributed by atoms with Crippen LogP contribution in [0.5, 0.6) is 5.88 Å². The van der Waals surface area contributed by atoms with Crippen LogP contribution in [0.25, 0.3) is 11.6 Å². The monoisotopic (exact) mass is 316 g/mol.